The van der Waals surface area contributed by atoms with Crippen LogP contribution < -0.4 is 5.32 Å². The lowest BCUT2D eigenvalue weighted by Crippen LogP contribution is -2.54. The maximum absolute atomic E-state index is 12.2. The van der Waals surface area contributed by atoms with Gasteiger partial charge in [0.25, 0.3) is 5.91 Å². The van der Waals surface area contributed by atoms with Crippen molar-refractivity contribution in [1.82, 2.24) is 5.32 Å². The normalized spacial score (nSPS) is 17.3. The molecule has 1 fully saturated rings. The lowest BCUT2D eigenvalue weighted by atomic mass is 9.95. The Morgan fingerprint density at radius 1 is 1.45 bits per heavy atom. The van der Waals surface area contributed by atoms with Crippen LogP contribution in [0, 0.1) is 5.92 Å². The minimum absolute atomic E-state index is 0.0195. The van der Waals surface area contributed by atoms with Crippen LogP contribution in [-0.2, 0) is 16.1 Å². The predicted molar refractivity (Wildman–Crippen MR) is 73.4 cm³/mol. The molecule has 5 nitrogen and oxygen atoms in total. The molecular formula is C15H19NO4. The lowest BCUT2D eigenvalue weighted by Gasteiger charge is -2.26. The Hall–Kier alpha value is -1.88. The van der Waals surface area contributed by atoms with Crippen molar-refractivity contribution in [2.75, 3.05) is 7.11 Å². The summed E-state index contributed by atoms with van der Waals surface area (Å²) in [5.41, 5.74) is 0.144. The molecule has 108 valence electrons. The van der Waals surface area contributed by atoms with Crippen LogP contribution in [0.5, 0.6) is 0 Å². The smallest absolute Gasteiger partial charge is 0.329 e. The molecular weight excluding hydrogens is 258 g/mol. The number of nitrogens with one attached hydrogen (secondary N) is 1. The highest BCUT2D eigenvalue weighted by Gasteiger charge is 2.48. The van der Waals surface area contributed by atoms with Gasteiger partial charge in [0.1, 0.15) is 5.54 Å². The molecule has 5 heteroatoms. The summed E-state index contributed by atoms with van der Waals surface area (Å²) < 4.78 is 5.02. The summed E-state index contributed by atoms with van der Waals surface area (Å²) in [5.74, 6) is -1.33. The summed E-state index contributed by atoms with van der Waals surface area (Å²) in [5, 5.41) is 12.0. The first kappa shape index (κ1) is 14.5. The Labute approximate surface area is 117 Å². The lowest BCUT2D eigenvalue weighted by molar-refractivity contribution is -0.144. The molecule has 0 heterocycles. The molecule has 1 unspecified atom stereocenters. The van der Waals surface area contributed by atoms with Gasteiger partial charge in [0.2, 0.25) is 0 Å². The van der Waals surface area contributed by atoms with Crippen molar-refractivity contribution in [3.05, 3.63) is 35.4 Å². The number of amides is 1. The monoisotopic (exact) mass is 277 g/mol. The van der Waals surface area contributed by atoms with Gasteiger partial charge in [0, 0.05) is 12.7 Å². The zero-order valence-electron chi connectivity index (χ0n) is 11.7. The standard InChI is InChI=1S/C15H19NO4/c1-15(14(18)19,12-6-7-12)16-13(17)11-5-3-4-10(8-11)9-20-2/h3-5,8,12H,6-7,9H2,1-2H3,(H,16,17)(H,18,19). The van der Waals surface area contributed by atoms with Crippen LogP contribution in [0.1, 0.15) is 35.7 Å². The number of aliphatic carboxylic acids is 1. The third-order valence-corrected chi connectivity index (χ3v) is 3.71. The van der Waals surface area contributed by atoms with Crippen molar-refractivity contribution in [1.29, 1.82) is 0 Å². The quantitative estimate of drug-likeness (QED) is 0.831. The van der Waals surface area contributed by atoms with Crippen LogP contribution in [0.25, 0.3) is 0 Å². The van der Waals surface area contributed by atoms with Gasteiger partial charge in [-0.2, -0.15) is 0 Å². The summed E-state index contributed by atoms with van der Waals surface area (Å²) in [4.78, 5) is 23.6. The summed E-state index contributed by atoms with van der Waals surface area (Å²) in [6.07, 6.45) is 1.68. The number of benzene rings is 1. The number of carbonyl (C=O) groups excluding carboxylic acids is 1. The van der Waals surface area contributed by atoms with Gasteiger partial charge in [-0.3, -0.25) is 4.79 Å². The molecule has 0 bridgehead atoms. The molecule has 1 aromatic rings. The maximum Gasteiger partial charge on any atom is 0.329 e. The third kappa shape index (κ3) is 2.99. The van der Waals surface area contributed by atoms with Crippen LogP contribution >= 0.6 is 0 Å². The molecule has 2 rings (SSSR count). The first-order valence-corrected chi connectivity index (χ1v) is 6.61. The van der Waals surface area contributed by atoms with E-state index in [0.717, 1.165) is 18.4 Å². The zero-order valence-corrected chi connectivity index (χ0v) is 11.7. The van der Waals surface area contributed by atoms with Crippen molar-refractivity contribution in [2.45, 2.75) is 31.9 Å². The molecule has 0 saturated heterocycles. The largest absolute Gasteiger partial charge is 0.480 e. The van der Waals surface area contributed by atoms with Gasteiger partial charge >= 0.3 is 5.97 Å². The molecule has 1 amide bonds. The van der Waals surface area contributed by atoms with E-state index in [2.05, 4.69) is 5.32 Å². The Morgan fingerprint density at radius 3 is 2.70 bits per heavy atom. The topological polar surface area (TPSA) is 75.6 Å². The molecule has 0 aromatic heterocycles. The van der Waals surface area contributed by atoms with Gasteiger partial charge in [-0.15, -0.1) is 0 Å². The van der Waals surface area contributed by atoms with Crippen molar-refractivity contribution < 1.29 is 19.4 Å². The molecule has 0 aliphatic heterocycles. The Morgan fingerprint density at radius 2 is 2.15 bits per heavy atom. The van der Waals surface area contributed by atoms with Crippen LogP contribution in [0.4, 0.5) is 0 Å². The SMILES string of the molecule is COCc1cccc(C(=O)NC(C)(C(=O)O)C2CC2)c1. The van der Waals surface area contributed by atoms with Gasteiger partial charge in [0.05, 0.1) is 6.61 Å². The molecule has 20 heavy (non-hydrogen) atoms. The van der Waals surface area contributed by atoms with Gasteiger partial charge in [-0.1, -0.05) is 12.1 Å². The second-order valence-electron chi connectivity index (χ2n) is 5.37. The Balaban J connectivity index is 2.14. The third-order valence-electron chi connectivity index (χ3n) is 3.71. The number of rotatable bonds is 6. The fourth-order valence-electron chi connectivity index (χ4n) is 2.27. The van der Waals surface area contributed by atoms with E-state index in [1.807, 2.05) is 6.07 Å². The highest BCUT2D eigenvalue weighted by molar-refractivity contribution is 5.98. The van der Waals surface area contributed by atoms with Crippen LogP contribution in [0.2, 0.25) is 0 Å². The number of methoxy groups -OCH3 is 1. The molecule has 0 spiro atoms. The van der Waals surface area contributed by atoms with Crippen molar-refractivity contribution >= 4 is 11.9 Å². The average Bonchev–Trinajstić information content (AvgIpc) is 3.23. The number of hydrogen-bond acceptors (Lipinski definition) is 3. The van der Waals surface area contributed by atoms with Crippen LogP contribution in [0.15, 0.2) is 24.3 Å². The minimum atomic E-state index is -1.19. The fraction of sp³-hybridized carbons (Fsp3) is 0.467. The maximum atomic E-state index is 12.2. The van der Waals surface area contributed by atoms with Crippen LogP contribution in [0.3, 0.4) is 0 Å². The number of hydrogen-bond donors (Lipinski definition) is 2. The van der Waals surface area contributed by atoms with E-state index in [1.54, 1.807) is 32.2 Å². The number of carbonyl (C=O) groups is 2. The van der Waals surface area contributed by atoms with Crippen molar-refractivity contribution in [3.63, 3.8) is 0 Å². The number of carboxylic acid groups (broad SMARTS) is 1. The second-order valence-corrected chi connectivity index (χ2v) is 5.37. The van der Waals surface area contributed by atoms with Crippen molar-refractivity contribution in [2.24, 2.45) is 5.92 Å². The molecule has 1 aliphatic carbocycles. The van der Waals surface area contributed by atoms with Crippen LogP contribution in [-0.4, -0.2) is 29.6 Å². The number of carboxylic acids is 1. The Kier molecular flexibility index (Phi) is 4.09. The zero-order chi connectivity index (χ0) is 14.8. The van der Waals surface area contributed by atoms with Gasteiger partial charge in [-0.05, 0) is 43.4 Å². The van der Waals surface area contributed by atoms with E-state index in [0.29, 0.717) is 12.2 Å². The second kappa shape index (κ2) is 5.63. The highest BCUT2D eigenvalue weighted by Crippen LogP contribution is 2.39. The number of ether oxygens (including phenoxy) is 1. The van der Waals surface area contributed by atoms with E-state index < -0.39 is 11.5 Å². The molecule has 0 radical (unpaired) electrons. The molecule has 1 aromatic carbocycles. The summed E-state index contributed by atoms with van der Waals surface area (Å²) in [7, 11) is 1.58. The van der Waals surface area contributed by atoms with Gasteiger partial charge < -0.3 is 15.2 Å². The molecule has 1 aliphatic rings. The predicted octanol–water partition coefficient (Wildman–Crippen LogP) is 1.82. The van der Waals surface area contributed by atoms with E-state index in [9.17, 15) is 14.7 Å². The average molecular weight is 277 g/mol. The molecule has 2 N–H and O–H groups in total. The minimum Gasteiger partial charge on any atom is -0.480 e. The van der Waals surface area contributed by atoms with Gasteiger partial charge in [0.15, 0.2) is 0 Å². The molecule has 1 atom stereocenters. The van der Waals surface area contributed by atoms with E-state index >= 15 is 0 Å². The van der Waals surface area contributed by atoms with Gasteiger partial charge in [-0.25, -0.2) is 4.79 Å². The first-order chi connectivity index (χ1) is 9.47. The highest BCUT2D eigenvalue weighted by atomic mass is 16.5. The van der Waals surface area contributed by atoms with E-state index in [4.69, 9.17) is 4.74 Å². The summed E-state index contributed by atoms with van der Waals surface area (Å²) in [6, 6.07) is 7.01. The van der Waals surface area contributed by atoms with Crippen molar-refractivity contribution in [3.8, 4) is 0 Å². The summed E-state index contributed by atoms with van der Waals surface area (Å²) >= 11 is 0. The van der Waals surface area contributed by atoms with E-state index in [1.165, 1.54) is 0 Å². The Bertz CT molecular complexity index is 524. The fourth-order valence-corrected chi connectivity index (χ4v) is 2.27. The van der Waals surface area contributed by atoms with E-state index in [-0.39, 0.29) is 11.8 Å². The first-order valence-electron chi connectivity index (χ1n) is 6.61. The summed E-state index contributed by atoms with van der Waals surface area (Å²) in [6.45, 7) is 1.99. The molecule has 1 saturated carbocycles.